The average Bonchev–Trinajstić information content (AvgIpc) is 2.55. The van der Waals surface area contributed by atoms with Gasteiger partial charge in [-0.25, -0.2) is 0 Å². The van der Waals surface area contributed by atoms with E-state index in [2.05, 4.69) is 81.7 Å². The highest BCUT2D eigenvalue weighted by Crippen LogP contribution is 2.46. The van der Waals surface area contributed by atoms with E-state index in [4.69, 9.17) is 0 Å². The van der Waals surface area contributed by atoms with Gasteiger partial charge in [-0.15, -0.1) is 0 Å². The van der Waals surface area contributed by atoms with Crippen LogP contribution in [0.25, 0.3) is 0 Å². The van der Waals surface area contributed by atoms with E-state index in [0.717, 1.165) is 12.1 Å². The molecule has 0 aromatic heterocycles. The fraction of sp³-hybridized carbons (Fsp3) is 0.429. The molecule has 2 heteroatoms. The molecule has 2 aromatic carbocycles. The first-order valence-electron chi connectivity index (χ1n) is 8.69. The van der Waals surface area contributed by atoms with Crippen LogP contribution < -0.4 is 10.6 Å². The number of anilines is 3. The van der Waals surface area contributed by atoms with Gasteiger partial charge in [0.2, 0.25) is 0 Å². The smallest absolute Gasteiger partial charge is 0.0411 e. The van der Waals surface area contributed by atoms with Crippen LogP contribution >= 0.6 is 0 Å². The molecular weight excluding hydrogens is 280 g/mol. The number of aryl methyl sites for hydroxylation is 1. The van der Waals surface area contributed by atoms with Crippen LogP contribution in [-0.2, 0) is 0 Å². The first-order valence-corrected chi connectivity index (χ1v) is 8.69. The van der Waals surface area contributed by atoms with Crippen LogP contribution in [0.4, 0.5) is 17.1 Å². The van der Waals surface area contributed by atoms with Crippen LogP contribution in [0, 0.1) is 12.8 Å². The molecule has 0 bridgehead atoms. The van der Waals surface area contributed by atoms with E-state index < -0.39 is 0 Å². The van der Waals surface area contributed by atoms with Crippen molar-refractivity contribution >= 4 is 17.1 Å². The quantitative estimate of drug-likeness (QED) is 0.718. The van der Waals surface area contributed by atoms with Crippen LogP contribution in [0.2, 0.25) is 0 Å². The third-order valence-corrected chi connectivity index (χ3v) is 5.82. The first kappa shape index (κ1) is 15.9. The molecule has 2 aromatic rings. The molecule has 3 rings (SSSR count). The van der Waals surface area contributed by atoms with E-state index in [1.807, 2.05) is 6.07 Å². The zero-order valence-electron chi connectivity index (χ0n) is 14.9. The van der Waals surface area contributed by atoms with Crippen molar-refractivity contribution in [2.45, 2.75) is 52.5 Å². The van der Waals surface area contributed by atoms with Crippen molar-refractivity contribution in [1.29, 1.82) is 0 Å². The van der Waals surface area contributed by atoms with Gasteiger partial charge >= 0.3 is 0 Å². The SMILES string of the molecule is CCC1(C)Nc2c(C)cc(Nc3ccccc3)cc2C(C)C1C. The summed E-state index contributed by atoms with van der Waals surface area (Å²) in [5, 5.41) is 7.37. The van der Waals surface area contributed by atoms with Crippen molar-refractivity contribution in [3.63, 3.8) is 0 Å². The van der Waals surface area contributed by atoms with Crippen LogP contribution in [-0.4, -0.2) is 5.54 Å². The number of para-hydroxylation sites is 1. The maximum Gasteiger partial charge on any atom is 0.0411 e. The molecule has 0 aliphatic carbocycles. The van der Waals surface area contributed by atoms with E-state index in [9.17, 15) is 0 Å². The number of benzene rings is 2. The molecule has 23 heavy (non-hydrogen) atoms. The first-order chi connectivity index (χ1) is 10.9. The Hall–Kier alpha value is -1.96. The molecule has 0 saturated carbocycles. The summed E-state index contributed by atoms with van der Waals surface area (Å²) in [5.41, 5.74) is 6.56. The van der Waals surface area contributed by atoms with Crippen LogP contribution in [0.15, 0.2) is 42.5 Å². The number of fused-ring (bicyclic) bond motifs is 1. The highest BCUT2D eigenvalue weighted by Gasteiger charge is 2.39. The Bertz CT molecular complexity index is 692. The van der Waals surface area contributed by atoms with Gasteiger partial charge in [-0.1, -0.05) is 39.0 Å². The summed E-state index contributed by atoms with van der Waals surface area (Å²) in [6.07, 6.45) is 1.14. The summed E-state index contributed by atoms with van der Waals surface area (Å²) in [5.74, 6) is 1.15. The van der Waals surface area contributed by atoms with E-state index in [1.54, 1.807) is 0 Å². The molecule has 0 radical (unpaired) electrons. The van der Waals surface area contributed by atoms with Crippen molar-refractivity contribution in [3.8, 4) is 0 Å². The van der Waals surface area contributed by atoms with Gasteiger partial charge in [-0.2, -0.15) is 0 Å². The molecule has 0 saturated heterocycles. The van der Waals surface area contributed by atoms with Gasteiger partial charge in [0.25, 0.3) is 0 Å². The van der Waals surface area contributed by atoms with Crippen molar-refractivity contribution in [2.75, 3.05) is 10.6 Å². The Morgan fingerprint density at radius 2 is 1.78 bits per heavy atom. The van der Waals surface area contributed by atoms with Gasteiger partial charge in [0.05, 0.1) is 0 Å². The summed E-state index contributed by atoms with van der Waals surface area (Å²) >= 11 is 0. The van der Waals surface area contributed by atoms with E-state index in [1.165, 1.54) is 22.5 Å². The van der Waals surface area contributed by atoms with Gasteiger partial charge in [-0.3, -0.25) is 0 Å². The minimum absolute atomic E-state index is 0.172. The molecule has 0 spiro atoms. The minimum Gasteiger partial charge on any atom is -0.379 e. The molecule has 1 aliphatic heterocycles. The largest absolute Gasteiger partial charge is 0.379 e. The van der Waals surface area contributed by atoms with Crippen molar-refractivity contribution in [1.82, 2.24) is 0 Å². The van der Waals surface area contributed by atoms with Gasteiger partial charge in [-0.05, 0) is 67.5 Å². The predicted molar refractivity (Wildman–Crippen MR) is 101 cm³/mol. The lowest BCUT2D eigenvalue weighted by atomic mass is 9.70. The number of nitrogens with one attached hydrogen (secondary N) is 2. The van der Waals surface area contributed by atoms with Crippen LogP contribution in [0.3, 0.4) is 0 Å². The lowest BCUT2D eigenvalue weighted by Gasteiger charge is -2.46. The van der Waals surface area contributed by atoms with Crippen molar-refractivity contribution in [3.05, 3.63) is 53.6 Å². The summed E-state index contributed by atoms with van der Waals surface area (Å²) in [6, 6.07) is 14.9. The molecule has 122 valence electrons. The maximum atomic E-state index is 3.83. The second-order valence-electron chi connectivity index (χ2n) is 7.22. The lowest BCUT2D eigenvalue weighted by molar-refractivity contribution is 0.284. The molecule has 2 N–H and O–H groups in total. The standard InChI is InChI=1S/C21H28N2/c1-6-21(5)16(4)15(3)19-13-18(12-14(2)20(19)23-21)22-17-10-8-7-9-11-17/h7-13,15-16,22-23H,6H2,1-5H3. The van der Waals surface area contributed by atoms with E-state index >= 15 is 0 Å². The summed E-state index contributed by atoms with van der Waals surface area (Å²) in [6.45, 7) is 11.6. The van der Waals surface area contributed by atoms with Crippen molar-refractivity contribution < 1.29 is 0 Å². The third kappa shape index (κ3) is 2.83. The minimum atomic E-state index is 0.172. The van der Waals surface area contributed by atoms with Crippen LogP contribution in [0.1, 0.15) is 51.2 Å². The molecule has 0 amide bonds. The summed E-state index contributed by atoms with van der Waals surface area (Å²) in [7, 11) is 0. The summed E-state index contributed by atoms with van der Waals surface area (Å²) < 4.78 is 0. The molecular formula is C21H28N2. The Kier molecular flexibility index (Phi) is 4.09. The zero-order chi connectivity index (χ0) is 16.6. The zero-order valence-corrected chi connectivity index (χ0v) is 14.9. The highest BCUT2D eigenvalue weighted by molar-refractivity contribution is 5.71. The maximum absolute atomic E-state index is 3.83. The molecule has 1 aliphatic rings. The molecule has 2 nitrogen and oxygen atoms in total. The normalized spacial score (nSPS) is 26.3. The van der Waals surface area contributed by atoms with Gasteiger partial charge in [0.15, 0.2) is 0 Å². The van der Waals surface area contributed by atoms with Crippen molar-refractivity contribution in [2.24, 2.45) is 5.92 Å². The second kappa shape index (κ2) is 5.92. The molecule has 0 fully saturated rings. The second-order valence-corrected chi connectivity index (χ2v) is 7.22. The Balaban J connectivity index is 1.99. The van der Waals surface area contributed by atoms with E-state index in [-0.39, 0.29) is 5.54 Å². The highest BCUT2D eigenvalue weighted by atomic mass is 15.0. The molecule has 1 heterocycles. The fourth-order valence-corrected chi connectivity index (χ4v) is 3.74. The molecule has 3 unspecified atom stereocenters. The summed E-state index contributed by atoms with van der Waals surface area (Å²) in [4.78, 5) is 0. The number of hydrogen-bond acceptors (Lipinski definition) is 2. The lowest BCUT2D eigenvalue weighted by Crippen LogP contribution is -2.46. The van der Waals surface area contributed by atoms with Gasteiger partial charge in [0, 0.05) is 22.6 Å². The predicted octanol–water partition coefficient (Wildman–Crippen LogP) is 6.07. The monoisotopic (exact) mass is 308 g/mol. The fourth-order valence-electron chi connectivity index (χ4n) is 3.74. The Morgan fingerprint density at radius 3 is 2.43 bits per heavy atom. The van der Waals surface area contributed by atoms with Crippen LogP contribution in [0.5, 0.6) is 0 Å². The number of hydrogen-bond donors (Lipinski definition) is 2. The van der Waals surface area contributed by atoms with Gasteiger partial charge in [0.1, 0.15) is 0 Å². The average molecular weight is 308 g/mol. The topological polar surface area (TPSA) is 24.1 Å². The Morgan fingerprint density at radius 1 is 1.09 bits per heavy atom. The number of rotatable bonds is 3. The van der Waals surface area contributed by atoms with Gasteiger partial charge < -0.3 is 10.6 Å². The Labute approximate surface area is 140 Å². The third-order valence-electron chi connectivity index (χ3n) is 5.82. The van der Waals surface area contributed by atoms with E-state index in [0.29, 0.717) is 11.8 Å². The molecule has 3 atom stereocenters.